The summed E-state index contributed by atoms with van der Waals surface area (Å²) in [4.78, 5) is 0. The lowest BCUT2D eigenvalue weighted by Crippen LogP contribution is -2.10. The Kier molecular flexibility index (Phi) is 4.65. The zero-order valence-electron chi connectivity index (χ0n) is 8.72. The van der Waals surface area contributed by atoms with Crippen molar-refractivity contribution in [2.24, 2.45) is 5.92 Å². The Bertz CT molecular complexity index is 321. The maximum atomic E-state index is 12.2. The van der Waals surface area contributed by atoms with Gasteiger partial charge in [-0.15, -0.1) is 0 Å². The van der Waals surface area contributed by atoms with E-state index in [1.54, 1.807) is 0 Å². The second kappa shape index (κ2) is 5.57. The molecule has 1 unspecified atom stereocenters. The molecule has 0 aliphatic heterocycles. The topological polar surface area (TPSA) is 9.23 Å². The fraction of sp³-hybridized carbons (Fsp3) is 0.455. The van der Waals surface area contributed by atoms with E-state index in [2.05, 4.69) is 15.9 Å². The number of halogens is 4. The van der Waals surface area contributed by atoms with Crippen molar-refractivity contribution in [3.8, 4) is 5.75 Å². The van der Waals surface area contributed by atoms with E-state index in [9.17, 15) is 13.2 Å². The van der Waals surface area contributed by atoms with Crippen LogP contribution in [0.1, 0.15) is 12.5 Å². The van der Waals surface area contributed by atoms with Crippen molar-refractivity contribution in [2.45, 2.75) is 13.1 Å². The smallest absolute Gasteiger partial charge is 0.416 e. The Morgan fingerprint density at radius 1 is 1.25 bits per heavy atom. The van der Waals surface area contributed by atoms with E-state index in [1.807, 2.05) is 6.92 Å². The van der Waals surface area contributed by atoms with Crippen molar-refractivity contribution in [1.29, 1.82) is 0 Å². The summed E-state index contributed by atoms with van der Waals surface area (Å²) in [5, 5.41) is 0.799. The van der Waals surface area contributed by atoms with Gasteiger partial charge in [-0.1, -0.05) is 22.9 Å². The molecule has 0 spiro atoms. The van der Waals surface area contributed by atoms with E-state index in [0.717, 1.165) is 17.5 Å². The first-order valence-electron chi connectivity index (χ1n) is 4.79. The number of ether oxygens (including phenoxy) is 1. The second-order valence-corrected chi connectivity index (χ2v) is 4.24. The van der Waals surface area contributed by atoms with E-state index in [4.69, 9.17) is 4.74 Å². The van der Waals surface area contributed by atoms with Crippen molar-refractivity contribution in [2.75, 3.05) is 11.9 Å². The number of hydrogen-bond donors (Lipinski definition) is 0. The molecule has 0 saturated carbocycles. The van der Waals surface area contributed by atoms with Crippen molar-refractivity contribution in [1.82, 2.24) is 0 Å². The molecule has 0 fully saturated rings. The third-order valence-corrected chi connectivity index (χ3v) is 3.08. The Morgan fingerprint density at radius 3 is 2.25 bits per heavy atom. The van der Waals surface area contributed by atoms with E-state index in [1.165, 1.54) is 12.1 Å². The summed E-state index contributed by atoms with van der Waals surface area (Å²) in [6, 6.07) is 4.72. The van der Waals surface area contributed by atoms with Crippen LogP contribution in [-0.2, 0) is 6.18 Å². The molecule has 1 nitrogen and oxygen atoms in total. The zero-order valence-corrected chi connectivity index (χ0v) is 10.3. The summed E-state index contributed by atoms with van der Waals surface area (Å²) in [7, 11) is 0. The van der Waals surface area contributed by atoms with E-state index in [-0.39, 0.29) is 0 Å². The molecule has 0 aliphatic rings. The molecular formula is C11H12BrF3O. The van der Waals surface area contributed by atoms with Crippen LogP contribution in [0.3, 0.4) is 0 Å². The van der Waals surface area contributed by atoms with Gasteiger partial charge in [0, 0.05) is 5.33 Å². The van der Waals surface area contributed by atoms with Crippen LogP contribution < -0.4 is 4.74 Å². The van der Waals surface area contributed by atoms with Gasteiger partial charge in [0.1, 0.15) is 5.75 Å². The van der Waals surface area contributed by atoms with Crippen LogP contribution in [0.25, 0.3) is 0 Å². The Labute approximate surface area is 101 Å². The van der Waals surface area contributed by atoms with E-state index < -0.39 is 11.7 Å². The summed E-state index contributed by atoms with van der Waals surface area (Å²) in [6.45, 7) is 2.47. The molecule has 1 rings (SSSR count). The average molecular weight is 297 g/mol. The molecule has 0 aromatic heterocycles. The first-order valence-corrected chi connectivity index (χ1v) is 5.91. The molecule has 90 valence electrons. The van der Waals surface area contributed by atoms with Gasteiger partial charge in [0.25, 0.3) is 0 Å². The molecule has 5 heteroatoms. The van der Waals surface area contributed by atoms with Crippen LogP contribution >= 0.6 is 15.9 Å². The van der Waals surface area contributed by atoms with Gasteiger partial charge in [0.05, 0.1) is 12.2 Å². The van der Waals surface area contributed by atoms with Crippen LogP contribution in [0.5, 0.6) is 5.75 Å². The summed E-state index contributed by atoms with van der Waals surface area (Å²) in [5.74, 6) is 0.781. The van der Waals surface area contributed by atoms with E-state index in [0.29, 0.717) is 18.3 Å². The van der Waals surface area contributed by atoms with Gasteiger partial charge in [0.15, 0.2) is 0 Å². The maximum absolute atomic E-state index is 12.2. The highest BCUT2D eigenvalue weighted by Gasteiger charge is 2.29. The summed E-state index contributed by atoms with van der Waals surface area (Å²) in [5.41, 5.74) is -0.659. The highest BCUT2D eigenvalue weighted by Crippen LogP contribution is 2.30. The van der Waals surface area contributed by atoms with E-state index >= 15 is 0 Å². The fourth-order valence-electron chi connectivity index (χ4n) is 1.02. The number of benzene rings is 1. The molecule has 0 aliphatic carbocycles. The Morgan fingerprint density at radius 2 is 1.81 bits per heavy atom. The summed E-state index contributed by atoms with van der Waals surface area (Å²) in [6.07, 6.45) is -4.29. The summed E-state index contributed by atoms with van der Waals surface area (Å²) < 4.78 is 42.1. The highest BCUT2D eigenvalue weighted by atomic mass is 79.9. The van der Waals surface area contributed by atoms with Crippen molar-refractivity contribution in [3.05, 3.63) is 29.8 Å². The molecule has 0 heterocycles. The predicted octanol–water partition coefficient (Wildman–Crippen LogP) is 4.12. The highest BCUT2D eigenvalue weighted by molar-refractivity contribution is 9.09. The normalized spacial score (nSPS) is 13.6. The third-order valence-electron chi connectivity index (χ3n) is 1.98. The molecule has 0 saturated heterocycles. The molecule has 1 aromatic carbocycles. The van der Waals surface area contributed by atoms with Gasteiger partial charge in [-0.25, -0.2) is 0 Å². The second-order valence-electron chi connectivity index (χ2n) is 3.59. The zero-order chi connectivity index (χ0) is 12.2. The molecule has 16 heavy (non-hydrogen) atoms. The third kappa shape index (κ3) is 4.04. The average Bonchev–Trinajstić information content (AvgIpc) is 2.25. The molecule has 0 N–H and O–H groups in total. The van der Waals surface area contributed by atoms with Gasteiger partial charge in [-0.05, 0) is 30.2 Å². The van der Waals surface area contributed by atoms with Gasteiger partial charge in [0.2, 0.25) is 0 Å². The molecule has 1 atom stereocenters. The minimum Gasteiger partial charge on any atom is -0.493 e. The number of rotatable bonds is 4. The lowest BCUT2D eigenvalue weighted by Gasteiger charge is -2.11. The largest absolute Gasteiger partial charge is 0.493 e. The van der Waals surface area contributed by atoms with Crippen LogP contribution in [-0.4, -0.2) is 11.9 Å². The SMILES string of the molecule is CC(CBr)COc1ccc(C(F)(F)F)cc1. The number of alkyl halides is 4. The van der Waals surface area contributed by atoms with Gasteiger partial charge in [-0.3, -0.25) is 0 Å². The first-order chi connectivity index (χ1) is 7.43. The monoisotopic (exact) mass is 296 g/mol. The van der Waals surface area contributed by atoms with Crippen LogP contribution in [0.15, 0.2) is 24.3 Å². The van der Waals surface area contributed by atoms with Crippen LogP contribution in [0.4, 0.5) is 13.2 Å². The molecule has 0 amide bonds. The van der Waals surface area contributed by atoms with Crippen molar-refractivity contribution >= 4 is 15.9 Å². The minimum absolute atomic E-state index is 0.322. The van der Waals surface area contributed by atoms with Crippen molar-refractivity contribution in [3.63, 3.8) is 0 Å². The number of hydrogen-bond acceptors (Lipinski definition) is 1. The Balaban J connectivity index is 2.58. The van der Waals surface area contributed by atoms with Gasteiger partial charge in [-0.2, -0.15) is 13.2 Å². The lowest BCUT2D eigenvalue weighted by molar-refractivity contribution is -0.137. The van der Waals surface area contributed by atoms with Crippen LogP contribution in [0, 0.1) is 5.92 Å². The van der Waals surface area contributed by atoms with Crippen molar-refractivity contribution < 1.29 is 17.9 Å². The molecule has 0 radical (unpaired) electrons. The maximum Gasteiger partial charge on any atom is 0.416 e. The fourth-order valence-corrected chi connectivity index (χ4v) is 1.21. The minimum atomic E-state index is -4.29. The quantitative estimate of drug-likeness (QED) is 0.760. The Hall–Kier alpha value is -0.710. The standard InChI is InChI=1S/C11H12BrF3O/c1-8(6-12)7-16-10-4-2-9(3-5-10)11(13,14)15/h2-5,8H,6-7H2,1H3. The molecular weight excluding hydrogens is 285 g/mol. The molecule has 1 aromatic rings. The lowest BCUT2D eigenvalue weighted by atomic mass is 10.2. The van der Waals surface area contributed by atoms with Crippen LogP contribution in [0.2, 0.25) is 0 Å². The van der Waals surface area contributed by atoms with Gasteiger partial charge >= 0.3 is 6.18 Å². The predicted molar refractivity (Wildman–Crippen MR) is 59.9 cm³/mol. The van der Waals surface area contributed by atoms with Gasteiger partial charge < -0.3 is 4.74 Å². The molecule has 0 bridgehead atoms. The first kappa shape index (κ1) is 13.4. The summed E-state index contributed by atoms with van der Waals surface area (Å²) >= 11 is 3.30.